The summed E-state index contributed by atoms with van der Waals surface area (Å²) in [5.41, 5.74) is 0. The van der Waals surface area contributed by atoms with Gasteiger partial charge in [0.2, 0.25) is 0 Å². The maximum absolute atomic E-state index is 3.92. The first-order valence-electron chi connectivity index (χ1n) is 8.66. The lowest BCUT2D eigenvalue weighted by Gasteiger charge is -2.26. The Morgan fingerprint density at radius 1 is 0.593 bits per heavy atom. The third-order valence-electron chi connectivity index (χ3n) is 4.67. The molecule has 27 heavy (non-hydrogen) atoms. The first-order chi connectivity index (χ1) is 13.2. The Morgan fingerprint density at radius 3 is 1.26 bits per heavy atom. The molecule has 0 N–H and O–H groups in total. The molecule has 0 aliphatic carbocycles. The van der Waals surface area contributed by atoms with Crippen LogP contribution in [0.1, 0.15) is 4.88 Å². The van der Waals surface area contributed by atoms with E-state index in [9.17, 15) is 0 Å². The van der Waals surface area contributed by atoms with Crippen LogP contribution in [-0.4, -0.2) is 0 Å². The van der Waals surface area contributed by atoms with E-state index in [0.717, 1.165) is 4.47 Å². The lowest BCUT2D eigenvalue weighted by atomic mass is 10.4. The van der Waals surface area contributed by atoms with Gasteiger partial charge in [0, 0.05) is 9.35 Å². The molecule has 0 saturated carbocycles. The highest BCUT2D eigenvalue weighted by molar-refractivity contribution is 9.13. The summed E-state index contributed by atoms with van der Waals surface area (Å²) in [6.07, 6.45) is 0. The summed E-state index contributed by atoms with van der Waals surface area (Å²) in [5.74, 6) is 0. The van der Waals surface area contributed by atoms with Crippen LogP contribution in [0.15, 0.2) is 99.9 Å². The number of benzene rings is 3. The van der Waals surface area contributed by atoms with Crippen LogP contribution in [-0.2, 0) is 0 Å². The summed E-state index contributed by atoms with van der Waals surface area (Å²) in [7, 11) is -2.01. The standard InChI is InChI=1S/C23H18Br2PS/c1-17-21(24)22(25)23(27-17)26(18-11-5-2-6-12-18,19-13-7-3-8-14-19)20-15-9-4-10-16-20/h2-16H,1H3/q+1. The van der Waals surface area contributed by atoms with Gasteiger partial charge in [-0.15, -0.1) is 11.3 Å². The predicted octanol–water partition coefficient (Wildman–Crippen LogP) is 6.20. The largest absolute Gasteiger partial charge is 0.177 e. The van der Waals surface area contributed by atoms with Crippen molar-refractivity contribution in [3.8, 4) is 0 Å². The summed E-state index contributed by atoms with van der Waals surface area (Å²) >= 11 is 9.60. The van der Waals surface area contributed by atoms with Crippen LogP contribution in [0.3, 0.4) is 0 Å². The number of hydrogen-bond acceptors (Lipinski definition) is 1. The Bertz CT molecular complexity index is 947. The molecule has 4 aromatic rings. The number of thiophene rings is 1. The molecule has 0 aliphatic rings. The smallest absolute Gasteiger partial charge is 0.101 e. The molecule has 0 spiro atoms. The minimum absolute atomic E-state index is 1.16. The van der Waals surface area contributed by atoms with E-state index in [1.807, 2.05) is 11.3 Å². The molecule has 0 bridgehead atoms. The molecule has 0 nitrogen and oxygen atoms in total. The van der Waals surface area contributed by atoms with Crippen molar-refractivity contribution in [2.75, 3.05) is 0 Å². The number of rotatable bonds is 4. The maximum Gasteiger partial charge on any atom is 0.177 e. The fourth-order valence-electron chi connectivity index (χ4n) is 3.45. The van der Waals surface area contributed by atoms with E-state index < -0.39 is 7.26 Å². The Balaban J connectivity index is 2.18. The molecule has 0 atom stereocenters. The summed E-state index contributed by atoms with van der Waals surface area (Å²) in [4.78, 5) is 1.30. The van der Waals surface area contributed by atoms with E-state index in [0.29, 0.717) is 0 Å². The molecule has 1 aromatic heterocycles. The number of hydrogen-bond donors (Lipinski definition) is 0. The van der Waals surface area contributed by atoms with Gasteiger partial charge in [0.25, 0.3) is 0 Å². The van der Waals surface area contributed by atoms with Crippen molar-refractivity contribution in [1.82, 2.24) is 0 Å². The van der Waals surface area contributed by atoms with Gasteiger partial charge in [-0.25, -0.2) is 0 Å². The monoisotopic (exact) mass is 515 g/mol. The molecule has 0 fully saturated rings. The molecule has 4 rings (SSSR count). The van der Waals surface area contributed by atoms with E-state index in [-0.39, 0.29) is 0 Å². The van der Waals surface area contributed by atoms with E-state index in [1.54, 1.807) is 0 Å². The summed E-state index contributed by atoms with van der Waals surface area (Å²) in [5, 5.41) is 4.12. The van der Waals surface area contributed by atoms with Gasteiger partial charge in [-0.3, -0.25) is 0 Å². The predicted molar refractivity (Wildman–Crippen MR) is 129 cm³/mol. The van der Waals surface area contributed by atoms with E-state index in [1.165, 1.54) is 29.9 Å². The highest BCUT2D eigenvalue weighted by Gasteiger charge is 2.51. The topological polar surface area (TPSA) is 0 Å². The third-order valence-corrected chi connectivity index (χ3v) is 13.9. The van der Waals surface area contributed by atoms with Gasteiger partial charge in [0.1, 0.15) is 15.9 Å². The van der Waals surface area contributed by atoms with Gasteiger partial charge in [-0.2, -0.15) is 0 Å². The SMILES string of the molecule is Cc1sc([P+](c2ccccc2)(c2ccccc2)c2ccccc2)c(Br)c1Br. The maximum atomic E-state index is 3.92. The Labute approximate surface area is 181 Å². The first-order valence-corrected chi connectivity index (χ1v) is 12.9. The first kappa shape index (κ1) is 19.1. The number of halogens is 2. The van der Waals surface area contributed by atoms with Gasteiger partial charge in [0.15, 0.2) is 11.9 Å². The van der Waals surface area contributed by atoms with Crippen molar-refractivity contribution in [2.45, 2.75) is 6.92 Å². The zero-order valence-electron chi connectivity index (χ0n) is 14.8. The highest BCUT2D eigenvalue weighted by atomic mass is 79.9. The quantitative estimate of drug-likeness (QED) is 0.283. The average Bonchev–Trinajstić information content (AvgIpc) is 2.99. The molecule has 1 heterocycles. The molecular formula is C23H18Br2PS+. The zero-order valence-corrected chi connectivity index (χ0v) is 19.7. The van der Waals surface area contributed by atoms with Crippen LogP contribution in [0.2, 0.25) is 0 Å². The lowest BCUT2D eigenvalue weighted by Crippen LogP contribution is -2.37. The molecule has 134 valence electrons. The van der Waals surface area contributed by atoms with Crippen molar-refractivity contribution in [3.63, 3.8) is 0 Å². The van der Waals surface area contributed by atoms with Gasteiger partial charge in [0.05, 0.1) is 4.47 Å². The van der Waals surface area contributed by atoms with E-state index in [4.69, 9.17) is 0 Å². The molecule has 0 amide bonds. The van der Waals surface area contributed by atoms with Gasteiger partial charge >= 0.3 is 0 Å². The summed E-state index contributed by atoms with van der Waals surface area (Å²) in [6.45, 7) is 2.18. The molecular weight excluding hydrogens is 499 g/mol. The second-order valence-corrected chi connectivity index (χ2v) is 12.7. The van der Waals surface area contributed by atoms with Crippen molar-refractivity contribution in [1.29, 1.82) is 0 Å². The van der Waals surface area contributed by atoms with Gasteiger partial charge in [-0.1, -0.05) is 54.6 Å². The molecule has 3 aromatic carbocycles. The van der Waals surface area contributed by atoms with Crippen LogP contribution >= 0.6 is 50.5 Å². The van der Waals surface area contributed by atoms with Gasteiger partial charge < -0.3 is 0 Å². The Hall–Kier alpha value is -1.25. The average molecular weight is 517 g/mol. The van der Waals surface area contributed by atoms with Crippen LogP contribution < -0.4 is 20.5 Å². The highest BCUT2D eigenvalue weighted by Crippen LogP contribution is 2.58. The van der Waals surface area contributed by atoms with E-state index >= 15 is 0 Å². The molecule has 4 heteroatoms. The number of aryl methyl sites for hydroxylation is 1. The molecule has 0 unspecified atom stereocenters. The minimum atomic E-state index is -2.01. The zero-order chi connectivity index (χ0) is 18.9. The second kappa shape index (κ2) is 8.01. The normalized spacial score (nSPS) is 11.5. The fourth-order valence-corrected chi connectivity index (χ4v) is 12.1. The third kappa shape index (κ3) is 3.25. The van der Waals surface area contributed by atoms with Crippen molar-refractivity contribution in [2.24, 2.45) is 0 Å². The van der Waals surface area contributed by atoms with Gasteiger partial charge in [-0.05, 0) is 75.2 Å². The molecule has 0 radical (unpaired) electrons. The second-order valence-electron chi connectivity index (χ2n) is 6.27. The Morgan fingerprint density at radius 2 is 0.963 bits per heavy atom. The molecule has 0 saturated heterocycles. The van der Waals surface area contributed by atoms with Crippen molar-refractivity contribution < 1.29 is 0 Å². The van der Waals surface area contributed by atoms with Crippen molar-refractivity contribution in [3.05, 3.63) is 105 Å². The summed E-state index contributed by atoms with van der Waals surface area (Å²) in [6, 6.07) is 32.9. The molecule has 0 aliphatic heterocycles. The van der Waals surface area contributed by atoms with Crippen LogP contribution in [0, 0.1) is 6.92 Å². The van der Waals surface area contributed by atoms with Crippen LogP contribution in [0.5, 0.6) is 0 Å². The van der Waals surface area contributed by atoms with E-state index in [2.05, 4.69) is 130 Å². The van der Waals surface area contributed by atoms with Crippen molar-refractivity contribution >= 4 is 71.0 Å². The summed E-state index contributed by atoms with van der Waals surface area (Å²) < 4.78 is 3.74. The Kier molecular flexibility index (Phi) is 5.66. The minimum Gasteiger partial charge on any atom is -0.101 e. The van der Waals surface area contributed by atoms with Crippen LogP contribution in [0.25, 0.3) is 0 Å². The fraction of sp³-hybridized carbons (Fsp3) is 0.0435. The van der Waals surface area contributed by atoms with Crippen LogP contribution in [0.4, 0.5) is 0 Å². The lowest BCUT2D eigenvalue weighted by molar-refractivity contribution is 1.57.